The summed E-state index contributed by atoms with van der Waals surface area (Å²) in [4.78, 5) is 18.4. The molecule has 0 radical (unpaired) electrons. The van der Waals surface area contributed by atoms with Crippen molar-refractivity contribution in [3.8, 4) is 0 Å². The summed E-state index contributed by atoms with van der Waals surface area (Å²) in [5, 5.41) is 2.89. The number of benzene rings is 1. The molecule has 1 aromatic heterocycles. The van der Waals surface area contributed by atoms with E-state index >= 15 is 0 Å². The van der Waals surface area contributed by atoms with Crippen LogP contribution in [0.25, 0.3) is 0 Å². The van der Waals surface area contributed by atoms with Gasteiger partial charge in [0.05, 0.1) is 0 Å². The Hall–Kier alpha value is -2.36. The number of amides is 1. The number of anilines is 2. The van der Waals surface area contributed by atoms with Gasteiger partial charge in [0.2, 0.25) is 0 Å². The fourth-order valence-corrected chi connectivity index (χ4v) is 2.04. The summed E-state index contributed by atoms with van der Waals surface area (Å²) in [5.74, 6) is 0.566. The lowest BCUT2D eigenvalue weighted by atomic mass is 10.1. The number of rotatable bonds is 3. The van der Waals surface area contributed by atoms with E-state index < -0.39 is 0 Å². The van der Waals surface area contributed by atoms with Crippen LogP contribution in [-0.2, 0) is 0 Å². The van der Waals surface area contributed by atoms with Gasteiger partial charge in [0.1, 0.15) is 11.5 Å². The minimum absolute atomic E-state index is 0.196. The number of nitrogens with zero attached hydrogens (tertiary/aromatic N) is 2. The van der Waals surface area contributed by atoms with E-state index in [4.69, 9.17) is 0 Å². The molecule has 0 fully saturated rings. The summed E-state index contributed by atoms with van der Waals surface area (Å²) < 4.78 is 0. The monoisotopic (exact) mass is 269 g/mol. The van der Waals surface area contributed by atoms with Gasteiger partial charge in [-0.25, -0.2) is 4.98 Å². The molecule has 0 aliphatic rings. The summed E-state index contributed by atoms with van der Waals surface area (Å²) in [5.41, 5.74) is 3.45. The summed E-state index contributed by atoms with van der Waals surface area (Å²) in [6.07, 6.45) is 0. The lowest BCUT2D eigenvalue weighted by Gasteiger charge is -2.12. The predicted molar refractivity (Wildman–Crippen MR) is 82.4 cm³/mol. The largest absolute Gasteiger partial charge is 0.363 e. The van der Waals surface area contributed by atoms with E-state index in [0.717, 1.165) is 22.6 Å². The van der Waals surface area contributed by atoms with Crippen LogP contribution in [0.5, 0.6) is 0 Å². The maximum absolute atomic E-state index is 12.2. The molecule has 0 saturated carbocycles. The van der Waals surface area contributed by atoms with Gasteiger partial charge in [-0.3, -0.25) is 4.79 Å². The fraction of sp³-hybridized carbons (Fsp3) is 0.250. The Balaban J connectivity index is 2.21. The quantitative estimate of drug-likeness (QED) is 0.931. The average Bonchev–Trinajstić information content (AvgIpc) is 2.37. The molecule has 0 saturated heterocycles. The standard InChI is InChI=1S/C16H19N3O/c1-11-8-12(2)10-13(9-11)17-16(20)14-6-5-7-15(18-14)19(3)4/h5-10H,1-4H3,(H,17,20). The number of hydrogen-bond acceptors (Lipinski definition) is 3. The molecule has 1 heterocycles. The number of carbonyl (C=O) groups is 1. The number of aromatic nitrogens is 1. The van der Waals surface area contributed by atoms with Gasteiger partial charge in [-0.2, -0.15) is 0 Å². The van der Waals surface area contributed by atoms with Crippen molar-refractivity contribution in [3.63, 3.8) is 0 Å². The Labute approximate surface area is 119 Å². The number of hydrogen-bond donors (Lipinski definition) is 1. The third kappa shape index (κ3) is 3.35. The van der Waals surface area contributed by atoms with E-state index in [-0.39, 0.29) is 5.91 Å². The average molecular weight is 269 g/mol. The van der Waals surface area contributed by atoms with Crippen LogP contribution < -0.4 is 10.2 Å². The molecule has 20 heavy (non-hydrogen) atoms. The molecular formula is C16H19N3O. The Kier molecular flexibility index (Phi) is 4.03. The molecule has 1 amide bonds. The zero-order valence-electron chi connectivity index (χ0n) is 12.3. The van der Waals surface area contributed by atoms with E-state index in [1.54, 1.807) is 6.07 Å². The number of pyridine rings is 1. The van der Waals surface area contributed by atoms with Crippen molar-refractivity contribution in [2.45, 2.75) is 13.8 Å². The highest BCUT2D eigenvalue weighted by atomic mass is 16.1. The Morgan fingerprint density at radius 1 is 1.10 bits per heavy atom. The molecule has 1 N–H and O–H groups in total. The van der Waals surface area contributed by atoms with E-state index in [1.807, 2.05) is 57.1 Å². The molecule has 0 aliphatic carbocycles. The summed E-state index contributed by atoms with van der Waals surface area (Å²) in [7, 11) is 3.79. The molecule has 0 bridgehead atoms. The Morgan fingerprint density at radius 2 is 1.75 bits per heavy atom. The fourth-order valence-electron chi connectivity index (χ4n) is 2.04. The van der Waals surface area contributed by atoms with Gasteiger partial charge in [0.25, 0.3) is 5.91 Å². The van der Waals surface area contributed by atoms with Crippen molar-refractivity contribution in [2.75, 3.05) is 24.3 Å². The van der Waals surface area contributed by atoms with Gasteiger partial charge >= 0.3 is 0 Å². The van der Waals surface area contributed by atoms with Crippen LogP contribution in [0.4, 0.5) is 11.5 Å². The Morgan fingerprint density at radius 3 is 2.35 bits per heavy atom. The van der Waals surface area contributed by atoms with Gasteiger partial charge in [0.15, 0.2) is 0 Å². The lowest BCUT2D eigenvalue weighted by molar-refractivity contribution is 0.102. The highest BCUT2D eigenvalue weighted by Crippen LogP contribution is 2.15. The van der Waals surface area contributed by atoms with E-state index in [0.29, 0.717) is 5.69 Å². The minimum Gasteiger partial charge on any atom is -0.363 e. The molecule has 2 rings (SSSR count). The molecule has 104 valence electrons. The summed E-state index contributed by atoms with van der Waals surface area (Å²) >= 11 is 0. The van der Waals surface area contributed by atoms with Gasteiger partial charge in [-0.1, -0.05) is 12.1 Å². The Bertz CT molecular complexity index is 615. The molecular weight excluding hydrogens is 250 g/mol. The first-order chi connectivity index (χ1) is 9.45. The zero-order chi connectivity index (χ0) is 14.7. The van der Waals surface area contributed by atoms with Crippen molar-refractivity contribution in [3.05, 3.63) is 53.2 Å². The van der Waals surface area contributed by atoms with Gasteiger partial charge in [0, 0.05) is 19.8 Å². The predicted octanol–water partition coefficient (Wildman–Crippen LogP) is 3.02. The first kappa shape index (κ1) is 14.1. The normalized spacial score (nSPS) is 10.2. The van der Waals surface area contributed by atoms with Crippen LogP contribution in [0.1, 0.15) is 21.6 Å². The van der Waals surface area contributed by atoms with Crippen molar-refractivity contribution in [2.24, 2.45) is 0 Å². The van der Waals surface area contributed by atoms with Crippen molar-refractivity contribution >= 4 is 17.4 Å². The molecule has 1 aromatic carbocycles. The topological polar surface area (TPSA) is 45.2 Å². The van der Waals surface area contributed by atoms with Crippen LogP contribution in [0, 0.1) is 13.8 Å². The highest BCUT2D eigenvalue weighted by Gasteiger charge is 2.09. The minimum atomic E-state index is -0.196. The van der Waals surface area contributed by atoms with Crippen molar-refractivity contribution < 1.29 is 4.79 Å². The third-order valence-corrected chi connectivity index (χ3v) is 2.90. The van der Waals surface area contributed by atoms with E-state index in [2.05, 4.69) is 16.4 Å². The summed E-state index contributed by atoms with van der Waals surface area (Å²) in [6, 6.07) is 11.4. The maximum atomic E-state index is 12.2. The van der Waals surface area contributed by atoms with Crippen LogP contribution in [0.15, 0.2) is 36.4 Å². The van der Waals surface area contributed by atoms with Crippen LogP contribution in [0.3, 0.4) is 0 Å². The summed E-state index contributed by atoms with van der Waals surface area (Å²) in [6.45, 7) is 4.02. The molecule has 0 aliphatic heterocycles. The van der Waals surface area contributed by atoms with Crippen molar-refractivity contribution in [1.82, 2.24) is 4.98 Å². The van der Waals surface area contributed by atoms with E-state index in [9.17, 15) is 4.79 Å². The molecule has 0 atom stereocenters. The van der Waals surface area contributed by atoms with Crippen LogP contribution >= 0.6 is 0 Å². The maximum Gasteiger partial charge on any atom is 0.274 e. The lowest BCUT2D eigenvalue weighted by Crippen LogP contribution is -2.17. The first-order valence-electron chi connectivity index (χ1n) is 6.50. The van der Waals surface area contributed by atoms with Gasteiger partial charge in [-0.15, -0.1) is 0 Å². The second-order valence-corrected chi connectivity index (χ2v) is 5.11. The van der Waals surface area contributed by atoms with Crippen LogP contribution in [-0.4, -0.2) is 25.0 Å². The molecule has 2 aromatic rings. The second kappa shape index (κ2) is 5.74. The SMILES string of the molecule is Cc1cc(C)cc(NC(=O)c2cccc(N(C)C)n2)c1. The number of aryl methyl sites for hydroxylation is 2. The van der Waals surface area contributed by atoms with Crippen LogP contribution in [0.2, 0.25) is 0 Å². The number of nitrogens with one attached hydrogen (secondary N) is 1. The molecule has 0 spiro atoms. The van der Waals surface area contributed by atoms with Gasteiger partial charge < -0.3 is 10.2 Å². The third-order valence-electron chi connectivity index (χ3n) is 2.90. The molecule has 4 heteroatoms. The number of carbonyl (C=O) groups excluding carboxylic acids is 1. The molecule has 4 nitrogen and oxygen atoms in total. The first-order valence-corrected chi connectivity index (χ1v) is 6.50. The smallest absolute Gasteiger partial charge is 0.274 e. The van der Waals surface area contributed by atoms with Crippen molar-refractivity contribution in [1.29, 1.82) is 0 Å². The van der Waals surface area contributed by atoms with Gasteiger partial charge in [-0.05, 0) is 49.2 Å². The van der Waals surface area contributed by atoms with E-state index in [1.165, 1.54) is 0 Å². The zero-order valence-corrected chi connectivity index (χ0v) is 12.3. The highest BCUT2D eigenvalue weighted by molar-refractivity contribution is 6.03. The molecule has 0 unspecified atom stereocenters. The second-order valence-electron chi connectivity index (χ2n) is 5.11.